The number of rotatable bonds is 5. The van der Waals surface area contributed by atoms with Gasteiger partial charge in [0.15, 0.2) is 0 Å². The van der Waals surface area contributed by atoms with Gasteiger partial charge in [-0.05, 0) is 32.0 Å². The van der Waals surface area contributed by atoms with Crippen molar-refractivity contribution in [1.82, 2.24) is 0 Å². The van der Waals surface area contributed by atoms with Gasteiger partial charge in [-0.3, -0.25) is 4.79 Å². The highest BCUT2D eigenvalue weighted by atomic mass is 16.3. The summed E-state index contributed by atoms with van der Waals surface area (Å²) in [5.74, 6) is 0.190. The van der Waals surface area contributed by atoms with Gasteiger partial charge in [-0.1, -0.05) is 0 Å². The molecule has 0 unspecified atom stereocenters. The molecule has 0 atom stereocenters. The van der Waals surface area contributed by atoms with Crippen LogP contribution in [0, 0.1) is 0 Å². The number of phenols is 1. The number of nitrogens with one attached hydrogen (secondary N) is 2. The van der Waals surface area contributed by atoms with Crippen LogP contribution in [-0.4, -0.2) is 24.1 Å². The van der Waals surface area contributed by atoms with E-state index < -0.39 is 0 Å². The Bertz CT molecular complexity index is 387. The molecular weight excluding hydrogens is 216 g/mol. The predicted octanol–water partition coefficient (Wildman–Crippen LogP) is 0.775. The molecule has 0 fully saturated rings. The van der Waals surface area contributed by atoms with Crippen molar-refractivity contribution in [3.8, 4) is 5.75 Å². The Balaban J connectivity index is 2.86. The van der Waals surface area contributed by atoms with E-state index in [9.17, 15) is 9.90 Å². The van der Waals surface area contributed by atoms with Crippen LogP contribution in [-0.2, 0) is 11.3 Å². The summed E-state index contributed by atoms with van der Waals surface area (Å²) in [5, 5.41) is 12.5. The molecule has 0 radical (unpaired) electrons. The summed E-state index contributed by atoms with van der Waals surface area (Å²) in [4.78, 5) is 12.4. The first-order valence-corrected chi connectivity index (χ1v) is 5.99. The average molecular weight is 237 g/mol. The number of amides is 1. The first-order valence-electron chi connectivity index (χ1n) is 5.99. The van der Waals surface area contributed by atoms with E-state index in [2.05, 4.69) is 19.2 Å². The first-order chi connectivity index (χ1) is 8.06. The third kappa shape index (κ3) is 4.07. The molecule has 17 heavy (non-hydrogen) atoms. The van der Waals surface area contributed by atoms with Gasteiger partial charge in [0, 0.05) is 18.2 Å². The highest BCUT2D eigenvalue weighted by Gasteiger charge is 2.10. The van der Waals surface area contributed by atoms with Gasteiger partial charge < -0.3 is 15.3 Å². The van der Waals surface area contributed by atoms with Crippen LogP contribution in [0.3, 0.4) is 0 Å². The Hall–Kier alpha value is -1.55. The molecule has 0 spiro atoms. The van der Waals surface area contributed by atoms with E-state index in [1.165, 1.54) is 11.8 Å². The fourth-order valence-electron chi connectivity index (χ4n) is 1.78. The summed E-state index contributed by atoms with van der Waals surface area (Å²) in [5.41, 5.74) is 1.60. The van der Waals surface area contributed by atoms with Crippen molar-refractivity contribution in [2.75, 3.05) is 18.4 Å². The number of benzene rings is 1. The molecule has 0 aromatic heterocycles. The lowest BCUT2D eigenvalue weighted by atomic mass is 10.1. The second kappa shape index (κ2) is 6.25. The summed E-state index contributed by atoms with van der Waals surface area (Å²) in [6.07, 6.45) is 0. The molecule has 1 aromatic carbocycles. The minimum atomic E-state index is -0.100. The molecule has 0 aliphatic carbocycles. The molecular formula is C13H21N2O2+. The number of anilines is 1. The molecule has 1 rings (SSSR count). The van der Waals surface area contributed by atoms with E-state index in [0.29, 0.717) is 5.75 Å². The van der Waals surface area contributed by atoms with Crippen LogP contribution in [0.5, 0.6) is 5.75 Å². The maximum Gasteiger partial charge on any atom is 0.221 e. The summed E-state index contributed by atoms with van der Waals surface area (Å²) in [7, 11) is 0. The molecule has 0 aliphatic heterocycles. The maximum absolute atomic E-state index is 11.0. The van der Waals surface area contributed by atoms with Crippen LogP contribution in [0.2, 0.25) is 0 Å². The fraction of sp³-hybridized carbons (Fsp3) is 0.462. The second-order valence-electron chi connectivity index (χ2n) is 4.16. The van der Waals surface area contributed by atoms with Crippen LogP contribution in [0.25, 0.3) is 0 Å². The number of carbonyl (C=O) groups is 1. The topological polar surface area (TPSA) is 53.8 Å². The van der Waals surface area contributed by atoms with Crippen molar-refractivity contribution in [2.24, 2.45) is 0 Å². The number of hydrogen-bond donors (Lipinski definition) is 3. The van der Waals surface area contributed by atoms with Crippen LogP contribution in [0.4, 0.5) is 5.69 Å². The zero-order valence-electron chi connectivity index (χ0n) is 10.7. The van der Waals surface area contributed by atoms with Crippen LogP contribution < -0.4 is 10.2 Å². The lowest BCUT2D eigenvalue weighted by Gasteiger charge is -2.16. The SMILES string of the molecule is CC[NH+](CC)Cc1cc(NC(C)=O)ccc1O. The molecule has 94 valence electrons. The van der Waals surface area contributed by atoms with Crippen LogP contribution in [0.15, 0.2) is 18.2 Å². The highest BCUT2D eigenvalue weighted by molar-refractivity contribution is 5.88. The van der Waals surface area contributed by atoms with Crippen molar-refractivity contribution in [1.29, 1.82) is 0 Å². The van der Waals surface area contributed by atoms with Gasteiger partial charge >= 0.3 is 0 Å². The van der Waals surface area contributed by atoms with Gasteiger partial charge in [-0.15, -0.1) is 0 Å². The van der Waals surface area contributed by atoms with Crippen molar-refractivity contribution in [2.45, 2.75) is 27.3 Å². The highest BCUT2D eigenvalue weighted by Crippen LogP contribution is 2.20. The molecule has 0 aliphatic rings. The Morgan fingerprint density at radius 2 is 2.00 bits per heavy atom. The predicted molar refractivity (Wildman–Crippen MR) is 68.2 cm³/mol. The minimum absolute atomic E-state index is 0.100. The molecule has 0 heterocycles. The monoisotopic (exact) mass is 237 g/mol. The second-order valence-corrected chi connectivity index (χ2v) is 4.16. The smallest absolute Gasteiger partial charge is 0.221 e. The molecule has 1 aromatic rings. The maximum atomic E-state index is 11.0. The van der Waals surface area contributed by atoms with Crippen LogP contribution >= 0.6 is 0 Å². The van der Waals surface area contributed by atoms with Crippen molar-refractivity contribution < 1.29 is 14.8 Å². The van der Waals surface area contributed by atoms with Crippen molar-refractivity contribution in [3.05, 3.63) is 23.8 Å². The first kappa shape index (κ1) is 13.5. The van der Waals surface area contributed by atoms with E-state index in [1.807, 2.05) is 6.07 Å². The normalized spacial score (nSPS) is 10.6. The fourth-order valence-corrected chi connectivity index (χ4v) is 1.78. The van der Waals surface area contributed by atoms with E-state index in [4.69, 9.17) is 0 Å². The molecule has 4 heteroatoms. The summed E-state index contributed by atoms with van der Waals surface area (Å²) >= 11 is 0. The average Bonchev–Trinajstić information content (AvgIpc) is 2.29. The van der Waals surface area contributed by atoms with E-state index in [1.54, 1.807) is 12.1 Å². The molecule has 1 amide bonds. The van der Waals surface area contributed by atoms with Crippen molar-refractivity contribution >= 4 is 11.6 Å². The molecule has 0 bridgehead atoms. The summed E-state index contributed by atoms with van der Waals surface area (Å²) in [6, 6.07) is 5.17. The van der Waals surface area contributed by atoms with Gasteiger partial charge in [0.25, 0.3) is 0 Å². The molecule has 0 saturated carbocycles. The number of quaternary nitrogens is 1. The standard InChI is InChI=1S/C13H20N2O2/c1-4-15(5-2)9-11-8-12(14-10(3)16)6-7-13(11)17/h6-8,17H,4-5,9H2,1-3H3,(H,14,16)/p+1. The van der Waals surface area contributed by atoms with Gasteiger partial charge in [0.1, 0.15) is 12.3 Å². The lowest BCUT2D eigenvalue weighted by Crippen LogP contribution is -3.10. The van der Waals surface area contributed by atoms with E-state index in [0.717, 1.165) is 30.9 Å². The van der Waals surface area contributed by atoms with Gasteiger partial charge in [-0.25, -0.2) is 0 Å². The summed E-state index contributed by atoms with van der Waals surface area (Å²) in [6.45, 7) is 8.51. The molecule has 3 N–H and O–H groups in total. The Kier molecular flexibility index (Phi) is 4.97. The Morgan fingerprint density at radius 1 is 1.35 bits per heavy atom. The third-order valence-electron chi connectivity index (χ3n) is 2.84. The lowest BCUT2D eigenvalue weighted by molar-refractivity contribution is -0.910. The Labute approximate surface area is 102 Å². The molecule has 0 saturated heterocycles. The number of aromatic hydroxyl groups is 1. The zero-order valence-corrected chi connectivity index (χ0v) is 10.7. The number of phenolic OH excluding ortho intramolecular Hbond substituents is 1. The van der Waals surface area contributed by atoms with E-state index in [-0.39, 0.29) is 5.91 Å². The largest absolute Gasteiger partial charge is 0.507 e. The van der Waals surface area contributed by atoms with Gasteiger partial charge in [-0.2, -0.15) is 0 Å². The number of hydrogen-bond acceptors (Lipinski definition) is 2. The third-order valence-corrected chi connectivity index (χ3v) is 2.84. The minimum Gasteiger partial charge on any atom is -0.507 e. The van der Waals surface area contributed by atoms with Gasteiger partial charge in [0.2, 0.25) is 5.91 Å². The zero-order chi connectivity index (χ0) is 12.8. The van der Waals surface area contributed by atoms with E-state index >= 15 is 0 Å². The van der Waals surface area contributed by atoms with Crippen molar-refractivity contribution in [3.63, 3.8) is 0 Å². The van der Waals surface area contributed by atoms with Gasteiger partial charge in [0.05, 0.1) is 13.1 Å². The number of carbonyl (C=O) groups excluding carboxylic acids is 1. The Morgan fingerprint density at radius 3 is 2.53 bits per heavy atom. The summed E-state index contributed by atoms with van der Waals surface area (Å²) < 4.78 is 0. The quantitative estimate of drug-likeness (QED) is 0.663. The molecule has 4 nitrogen and oxygen atoms in total. The van der Waals surface area contributed by atoms with Crippen LogP contribution in [0.1, 0.15) is 26.3 Å².